The molecule has 0 saturated carbocycles. The lowest BCUT2D eigenvalue weighted by molar-refractivity contribution is 0.442. The fourth-order valence-corrected chi connectivity index (χ4v) is 3.61. The van der Waals surface area contributed by atoms with E-state index in [-0.39, 0.29) is 11.5 Å². The van der Waals surface area contributed by atoms with Crippen LogP contribution in [0.3, 0.4) is 0 Å². The van der Waals surface area contributed by atoms with Crippen molar-refractivity contribution in [1.82, 2.24) is 15.0 Å². The van der Waals surface area contributed by atoms with Crippen LogP contribution in [0.25, 0.3) is 27.7 Å². The third-order valence-electron chi connectivity index (χ3n) is 4.62. The van der Waals surface area contributed by atoms with E-state index in [1.165, 1.54) is 6.07 Å². The Kier molecular flexibility index (Phi) is 4.49. The van der Waals surface area contributed by atoms with Gasteiger partial charge in [0.15, 0.2) is 0 Å². The number of aromatic nitrogens is 3. The summed E-state index contributed by atoms with van der Waals surface area (Å²) in [5.74, 6) is 0.0168. The van der Waals surface area contributed by atoms with Crippen LogP contribution in [-0.4, -0.2) is 25.2 Å². The van der Waals surface area contributed by atoms with Crippen LogP contribution in [-0.2, 0) is 6.42 Å². The summed E-state index contributed by atoms with van der Waals surface area (Å²) in [7, 11) is 0. The summed E-state index contributed by atoms with van der Waals surface area (Å²) in [4.78, 5) is 0. The van der Waals surface area contributed by atoms with Crippen LogP contribution in [0.1, 0.15) is 18.9 Å². The Bertz CT molecular complexity index is 1130. The molecule has 4 aromatic rings. The fourth-order valence-electron chi connectivity index (χ4n) is 3.36. The highest BCUT2D eigenvalue weighted by Crippen LogP contribution is 2.37. The van der Waals surface area contributed by atoms with Crippen molar-refractivity contribution >= 4 is 23.4 Å². The van der Waals surface area contributed by atoms with Gasteiger partial charge in [-0.2, -0.15) is 0 Å². The van der Waals surface area contributed by atoms with Crippen molar-refractivity contribution < 1.29 is 10.2 Å². The molecule has 0 amide bonds. The first-order valence-electron chi connectivity index (χ1n) is 8.78. The lowest BCUT2D eigenvalue weighted by Crippen LogP contribution is -2.02. The first-order chi connectivity index (χ1) is 13.1. The van der Waals surface area contributed by atoms with Crippen LogP contribution >= 0.6 is 12.6 Å². The molecule has 5 nitrogen and oxygen atoms in total. The third-order valence-corrected chi connectivity index (χ3v) is 4.92. The second kappa shape index (κ2) is 6.96. The zero-order chi connectivity index (χ0) is 19.0. The highest BCUT2D eigenvalue weighted by atomic mass is 32.1. The molecule has 0 bridgehead atoms. The normalized spacial score (nSPS) is 11.2. The van der Waals surface area contributed by atoms with Crippen LogP contribution in [0.15, 0.2) is 59.6 Å². The van der Waals surface area contributed by atoms with Gasteiger partial charge in [-0.05, 0) is 28.8 Å². The number of nitrogens with zero attached hydrogens (tertiary/aromatic N) is 3. The van der Waals surface area contributed by atoms with Gasteiger partial charge >= 0.3 is 0 Å². The number of aromatic hydroxyl groups is 2. The van der Waals surface area contributed by atoms with Crippen molar-refractivity contribution in [2.24, 2.45) is 0 Å². The number of hydrogen-bond donors (Lipinski definition) is 3. The van der Waals surface area contributed by atoms with E-state index in [1.807, 2.05) is 49.4 Å². The van der Waals surface area contributed by atoms with E-state index >= 15 is 0 Å². The summed E-state index contributed by atoms with van der Waals surface area (Å²) < 4.78 is 1.58. The zero-order valence-electron chi connectivity index (χ0n) is 14.8. The lowest BCUT2D eigenvalue weighted by Gasteiger charge is -2.13. The van der Waals surface area contributed by atoms with Gasteiger partial charge in [0.1, 0.15) is 27.9 Å². The minimum absolute atomic E-state index is 0.0629. The van der Waals surface area contributed by atoms with Crippen LogP contribution in [0, 0.1) is 0 Å². The molecule has 3 aromatic carbocycles. The molecule has 136 valence electrons. The number of phenolic OH excluding ortho intramolecular Hbond substituents is 2. The van der Waals surface area contributed by atoms with E-state index in [1.54, 1.807) is 10.7 Å². The van der Waals surface area contributed by atoms with Crippen molar-refractivity contribution in [3.63, 3.8) is 0 Å². The highest BCUT2D eigenvalue weighted by molar-refractivity contribution is 7.80. The Morgan fingerprint density at radius 2 is 1.78 bits per heavy atom. The standard InChI is InChI=1S/C21H19N3O2S/c1-2-6-14-11-17(19(26)12-18(14)25)24-20(21(27)22-23-24)16-10-5-8-13-7-3-4-9-15(13)16/h3-5,7-12,25-27H,2,6H2,1H3. The molecule has 0 atom stereocenters. The molecule has 0 aliphatic heterocycles. The van der Waals surface area contributed by atoms with Crippen molar-refractivity contribution in [3.05, 3.63) is 60.2 Å². The summed E-state index contributed by atoms with van der Waals surface area (Å²) in [5, 5.41) is 31.5. The smallest absolute Gasteiger partial charge is 0.145 e. The summed E-state index contributed by atoms with van der Waals surface area (Å²) in [6, 6.07) is 17.2. The average molecular weight is 377 g/mol. The SMILES string of the molecule is CCCc1cc(-n2nnc(S)c2-c2cccc3ccccc23)c(O)cc1O. The largest absolute Gasteiger partial charge is 0.508 e. The number of thiol groups is 1. The van der Waals surface area contributed by atoms with E-state index in [2.05, 4.69) is 22.9 Å². The molecule has 27 heavy (non-hydrogen) atoms. The van der Waals surface area contributed by atoms with Gasteiger partial charge in [0.25, 0.3) is 0 Å². The number of rotatable bonds is 4. The van der Waals surface area contributed by atoms with E-state index in [4.69, 9.17) is 0 Å². The van der Waals surface area contributed by atoms with Crippen molar-refractivity contribution in [3.8, 4) is 28.4 Å². The molecule has 0 saturated heterocycles. The molecule has 0 spiro atoms. The van der Waals surface area contributed by atoms with Gasteiger partial charge in [0, 0.05) is 11.6 Å². The van der Waals surface area contributed by atoms with E-state index < -0.39 is 0 Å². The maximum Gasteiger partial charge on any atom is 0.145 e. The van der Waals surface area contributed by atoms with E-state index in [9.17, 15) is 10.2 Å². The van der Waals surface area contributed by atoms with Gasteiger partial charge < -0.3 is 10.2 Å². The summed E-state index contributed by atoms with van der Waals surface area (Å²) in [6.45, 7) is 2.04. The number of hydrogen-bond acceptors (Lipinski definition) is 5. The van der Waals surface area contributed by atoms with Crippen molar-refractivity contribution in [1.29, 1.82) is 0 Å². The molecule has 1 aromatic heterocycles. The predicted octanol–water partition coefficient (Wildman–Crippen LogP) is 4.74. The van der Waals surface area contributed by atoms with Gasteiger partial charge in [-0.15, -0.1) is 17.7 Å². The lowest BCUT2D eigenvalue weighted by atomic mass is 10.0. The monoisotopic (exact) mass is 377 g/mol. The maximum absolute atomic E-state index is 10.5. The first kappa shape index (κ1) is 17.4. The number of fused-ring (bicyclic) bond motifs is 1. The van der Waals surface area contributed by atoms with Crippen LogP contribution < -0.4 is 0 Å². The first-order valence-corrected chi connectivity index (χ1v) is 9.23. The second-order valence-corrected chi connectivity index (χ2v) is 6.84. The molecule has 0 aliphatic carbocycles. The third kappa shape index (κ3) is 3.02. The zero-order valence-corrected chi connectivity index (χ0v) is 15.7. The number of benzene rings is 3. The summed E-state index contributed by atoms with van der Waals surface area (Å²) >= 11 is 4.50. The van der Waals surface area contributed by atoms with Gasteiger partial charge in [0.2, 0.25) is 0 Å². The van der Waals surface area contributed by atoms with Gasteiger partial charge in [-0.1, -0.05) is 61.0 Å². The Morgan fingerprint density at radius 1 is 1.00 bits per heavy atom. The van der Waals surface area contributed by atoms with Gasteiger partial charge in [-0.25, -0.2) is 4.68 Å². The Labute approximate surface area is 162 Å². The van der Waals surface area contributed by atoms with Crippen LogP contribution in [0.2, 0.25) is 0 Å². The van der Waals surface area contributed by atoms with E-state index in [0.717, 1.165) is 28.3 Å². The predicted molar refractivity (Wildman–Crippen MR) is 109 cm³/mol. The molecule has 0 fully saturated rings. The topological polar surface area (TPSA) is 71.2 Å². The molecular weight excluding hydrogens is 358 g/mol. The Hall–Kier alpha value is -2.99. The molecule has 6 heteroatoms. The summed E-state index contributed by atoms with van der Waals surface area (Å²) in [6.07, 6.45) is 1.58. The Morgan fingerprint density at radius 3 is 2.59 bits per heavy atom. The number of phenols is 2. The quantitative estimate of drug-likeness (QED) is 0.449. The Balaban J connectivity index is 1.97. The highest BCUT2D eigenvalue weighted by Gasteiger charge is 2.19. The average Bonchev–Trinajstić information content (AvgIpc) is 3.04. The molecule has 1 heterocycles. The van der Waals surface area contributed by atoms with Crippen molar-refractivity contribution in [2.75, 3.05) is 0 Å². The van der Waals surface area contributed by atoms with Crippen LogP contribution in [0.4, 0.5) is 0 Å². The molecule has 0 radical (unpaired) electrons. The second-order valence-electron chi connectivity index (χ2n) is 6.42. The fraction of sp³-hybridized carbons (Fsp3) is 0.143. The summed E-state index contributed by atoms with van der Waals surface area (Å²) in [5.41, 5.74) is 2.84. The maximum atomic E-state index is 10.5. The molecule has 0 aliphatic rings. The minimum atomic E-state index is -0.0629. The van der Waals surface area contributed by atoms with Gasteiger partial charge in [0.05, 0.1) is 0 Å². The van der Waals surface area contributed by atoms with E-state index in [0.29, 0.717) is 22.8 Å². The number of aryl methyl sites for hydroxylation is 1. The molecule has 2 N–H and O–H groups in total. The molecular formula is C21H19N3O2S. The molecule has 0 unspecified atom stereocenters. The molecule has 4 rings (SSSR count). The van der Waals surface area contributed by atoms with Crippen LogP contribution in [0.5, 0.6) is 11.5 Å². The van der Waals surface area contributed by atoms with Gasteiger partial charge in [-0.3, -0.25) is 0 Å². The van der Waals surface area contributed by atoms with Crippen molar-refractivity contribution in [2.45, 2.75) is 24.8 Å². The minimum Gasteiger partial charge on any atom is -0.508 e.